The van der Waals surface area contributed by atoms with Crippen molar-refractivity contribution in [1.29, 1.82) is 0 Å². The van der Waals surface area contributed by atoms with Gasteiger partial charge >= 0.3 is 0 Å². The number of methoxy groups -OCH3 is 1. The lowest BCUT2D eigenvalue weighted by atomic mass is 9.79. The second-order valence-electron chi connectivity index (χ2n) is 9.36. The van der Waals surface area contributed by atoms with Crippen LogP contribution in [0.4, 0.5) is 0 Å². The van der Waals surface area contributed by atoms with E-state index in [0.717, 1.165) is 35.9 Å². The van der Waals surface area contributed by atoms with E-state index in [2.05, 4.69) is 29.4 Å². The predicted octanol–water partition coefficient (Wildman–Crippen LogP) is 1.21. The minimum absolute atomic E-state index is 0.0717. The van der Waals surface area contributed by atoms with E-state index in [9.17, 15) is 18.0 Å². The van der Waals surface area contributed by atoms with Gasteiger partial charge in [0, 0.05) is 45.2 Å². The molecule has 10 heteroatoms. The zero-order valence-electron chi connectivity index (χ0n) is 19.7. The maximum atomic E-state index is 13.2. The first-order valence-corrected chi connectivity index (χ1v) is 12.6. The van der Waals surface area contributed by atoms with E-state index < -0.39 is 22.0 Å². The number of aryl methyl sites for hydroxylation is 1. The Morgan fingerprint density at radius 3 is 2.61 bits per heavy atom. The number of hydrogen-bond acceptors (Lipinski definition) is 6. The molecule has 33 heavy (non-hydrogen) atoms. The Kier molecular flexibility index (Phi) is 7.81. The average Bonchev–Trinajstić information content (AvgIpc) is 2.75. The van der Waals surface area contributed by atoms with Gasteiger partial charge in [-0.3, -0.25) is 13.9 Å². The summed E-state index contributed by atoms with van der Waals surface area (Å²) in [6.07, 6.45) is 3.08. The highest BCUT2D eigenvalue weighted by molar-refractivity contribution is 7.89. The molecule has 1 aromatic carbocycles. The van der Waals surface area contributed by atoms with E-state index in [4.69, 9.17) is 4.74 Å². The molecule has 0 spiro atoms. The van der Waals surface area contributed by atoms with E-state index in [1.54, 1.807) is 19.2 Å². The molecule has 1 saturated heterocycles. The number of benzene rings is 1. The molecule has 0 saturated carbocycles. The molecule has 2 aliphatic heterocycles. The highest BCUT2D eigenvalue weighted by atomic mass is 32.2. The highest BCUT2D eigenvalue weighted by Gasteiger charge is 2.40. The van der Waals surface area contributed by atoms with Gasteiger partial charge in [-0.15, -0.1) is 0 Å². The van der Waals surface area contributed by atoms with E-state index >= 15 is 0 Å². The number of hydrogen-bond donors (Lipinski definition) is 2. The third-order valence-corrected chi connectivity index (χ3v) is 8.09. The topological polar surface area (TPSA) is 108 Å². The van der Waals surface area contributed by atoms with E-state index in [1.807, 2.05) is 6.92 Å². The molecule has 0 aromatic heterocycles. The highest BCUT2D eigenvalue weighted by Crippen LogP contribution is 2.30. The molecule has 0 unspecified atom stereocenters. The van der Waals surface area contributed by atoms with Gasteiger partial charge in [0.1, 0.15) is 6.04 Å². The lowest BCUT2D eigenvalue weighted by Crippen LogP contribution is -2.57. The standard InChI is InChI=1S/C23H34N4O5S/c1-17-5-7-18(8-6-17)33(30,31)27-12-10-24-22(29)19(27)15-21(28)25-20-9-11-26(13-14-32-4)16-23(20,2)3/h5-8,10,12,19-20H,9,11,13-16H2,1-4H3,(H,24,29)(H,25,28)/t19-,20-/m1/s1. The predicted molar refractivity (Wildman–Crippen MR) is 125 cm³/mol. The zero-order valence-corrected chi connectivity index (χ0v) is 20.5. The Morgan fingerprint density at radius 1 is 1.27 bits per heavy atom. The van der Waals surface area contributed by atoms with Crippen molar-refractivity contribution in [3.8, 4) is 0 Å². The summed E-state index contributed by atoms with van der Waals surface area (Å²) in [6, 6.07) is 5.16. The van der Waals surface area contributed by atoms with Crippen molar-refractivity contribution >= 4 is 21.8 Å². The first-order valence-electron chi connectivity index (χ1n) is 11.1. The van der Waals surface area contributed by atoms with Crippen LogP contribution in [-0.2, 0) is 24.3 Å². The lowest BCUT2D eigenvalue weighted by molar-refractivity contribution is -0.130. The van der Waals surface area contributed by atoms with Gasteiger partial charge in [0.15, 0.2) is 0 Å². The van der Waals surface area contributed by atoms with Crippen LogP contribution in [0.2, 0.25) is 0 Å². The van der Waals surface area contributed by atoms with Crippen LogP contribution >= 0.6 is 0 Å². The van der Waals surface area contributed by atoms with Gasteiger partial charge in [-0.1, -0.05) is 31.5 Å². The number of sulfonamides is 1. The zero-order chi connectivity index (χ0) is 24.2. The summed E-state index contributed by atoms with van der Waals surface area (Å²) in [6.45, 7) is 9.19. The second-order valence-corrected chi connectivity index (χ2v) is 11.2. The first kappa shape index (κ1) is 25.2. The summed E-state index contributed by atoms with van der Waals surface area (Å²) in [5.74, 6) is -0.880. The Balaban J connectivity index is 1.70. The number of nitrogens with zero attached hydrogens (tertiary/aromatic N) is 2. The van der Waals surface area contributed by atoms with E-state index in [-0.39, 0.29) is 28.7 Å². The van der Waals surface area contributed by atoms with Gasteiger partial charge in [0.05, 0.1) is 17.9 Å². The molecule has 2 amide bonds. The molecular weight excluding hydrogens is 444 g/mol. The Bertz CT molecular complexity index is 991. The second kappa shape index (κ2) is 10.2. The monoisotopic (exact) mass is 478 g/mol. The van der Waals surface area contributed by atoms with Crippen molar-refractivity contribution in [1.82, 2.24) is 19.8 Å². The van der Waals surface area contributed by atoms with Gasteiger partial charge in [-0.2, -0.15) is 0 Å². The van der Waals surface area contributed by atoms with Gasteiger partial charge in [-0.25, -0.2) is 8.42 Å². The molecule has 1 aromatic rings. The fourth-order valence-corrected chi connectivity index (χ4v) is 5.80. The summed E-state index contributed by atoms with van der Waals surface area (Å²) < 4.78 is 32.5. The maximum absolute atomic E-state index is 13.2. The van der Waals surface area contributed by atoms with Crippen LogP contribution in [0.3, 0.4) is 0 Å². The lowest BCUT2D eigenvalue weighted by Gasteiger charge is -2.44. The maximum Gasteiger partial charge on any atom is 0.264 e. The number of rotatable bonds is 8. The number of ether oxygens (including phenoxy) is 1. The first-order chi connectivity index (χ1) is 15.5. The van der Waals surface area contributed by atoms with Gasteiger partial charge in [0.2, 0.25) is 11.8 Å². The SMILES string of the molecule is COCCN1CC[C@@H](NC(=O)C[C@@H]2C(=O)NC=CN2S(=O)(=O)c2ccc(C)cc2)C(C)(C)C1. The molecular formula is C23H34N4O5S. The van der Waals surface area contributed by atoms with Crippen LogP contribution < -0.4 is 10.6 Å². The van der Waals surface area contributed by atoms with Gasteiger partial charge < -0.3 is 20.3 Å². The molecule has 2 N–H and O–H groups in total. The Labute approximate surface area is 196 Å². The molecule has 1 fully saturated rings. The molecule has 0 bridgehead atoms. The molecule has 0 aliphatic carbocycles. The molecule has 182 valence electrons. The van der Waals surface area contributed by atoms with Crippen LogP contribution in [0.15, 0.2) is 41.6 Å². The number of likely N-dealkylation sites (tertiary alicyclic amines) is 1. The summed E-state index contributed by atoms with van der Waals surface area (Å²) in [4.78, 5) is 27.9. The fourth-order valence-electron chi connectivity index (χ4n) is 4.35. The fraction of sp³-hybridized carbons (Fsp3) is 0.565. The van der Waals surface area contributed by atoms with Crippen LogP contribution in [0.5, 0.6) is 0 Å². The number of piperidine rings is 1. The summed E-state index contributed by atoms with van der Waals surface area (Å²) in [7, 11) is -2.31. The molecule has 2 aliphatic rings. The molecule has 2 atom stereocenters. The largest absolute Gasteiger partial charge is 0.383 e. The van der Waals surface area contributed by atoms with Crippen LogP contribution in [0.1, 0.15) is 32.3 Å². The summed E-state index contributed by atoms with van der Waals surface area (Å²) in [5.41, 5.74) is 0.747. The van der Waals surface area contributed by atoms with Crippen molar-refractivity contribution < 1.29 is 22.7 Å². The van der Waals surface area contributed by atoms with E-state index in [1.165, 1.54) is 24.5 Å². The summed E-state index contributed by atoms with van der Waals surface area (Å²) >= 11 is 0. The van der Waals surface area contributed by atoms with Crippen LogP contribution in [-0.4, -0.2) is 74.9 Å². The average molecular weight is 479 g/mol. The van der Waals surface area contributed by atoms with Crippen molar-refractivity contribution in [2.45, 2.75) is 50.6 Å². The molecule has 3 rings (SSSR count). The quantitative estimate of drug-likeness (QED) is 0.582. The number of carbonyl (C=O) groups excluding carboxylic acids is 2. The van der Waals surface area contributed by atoms with Crippen LogP contribution in [0, 0.1) is 12.3 Å². The normalized spacial score (nSPS) is 23.3. The van der Waals surface area contributed by atoms with Crippen molar-refractivity contribution in [2.75, 3.05) is 33.4 Å². The molecule has 9 nitrogen and oxygen atoms in total. The van der Waals surface area contributed by atoms with Crippen molar-refractivity contribution in [3.05, 3.63) is 42.2 Å². The van der Waals surface area contributed by atoms with Crippen molar-refractivity contribution in [3.63, 3.8) is 0 Å². The Morgan fingerprint density at radius 2 is 1.97 bits per heavy atom. The third kappa shape index (κ3) is 5.93. The van der Waals surface area contributed by atoms with Crippen molar-refractivity contribution in [2.24, 2.45) is 5.41 Å². The minimum atomic E-state index is -3.99. The molecule has 0 radical (unpaired) electrons. The van der Waals surface area contributed by atoms with Crippen LogP contribution in [0.25, 0.3) is 0 Å². The van der Waals surface area contributed by atoms with E-state index in [0.29, 0.717) is 6.61 Å². The van der Waals surface area contributed by atoms with Gasteiger partial charge in [-0.05, 0) is 30.9 Å². The smallest absolute Gasteiger partial charge is 0.264 e. The number of nitrogens with one attached hydrogen (secondary N) is 2. The van der Waals surface area contributed by atoms with Gasteiger partial charge in [0.25, 0.3) is 10.0 Å². The summed E-state index contributed by atoms with van der Waals surface area (Å²) in [5, 5.41) is 5.57. The Hall–Kier alpha value is -2.43. The number of carbonyl (C=O) groups is 2. The number of amides is 2. The molecule has 2 heterocycles. The minimum Gasteiger partial charge on any atom is -0.383 e. The third-order valence-electron chi connectivity index (χ3n) is 6.29.